The van der Waals surface area contributed by atoms with Crippen molar-refractivity contribution in [1.82, 2.24) is 9.37 Å². The summed E-state index contributed by atoms with van der Waals surface area (Å²) in [6, 6.07) is 9.09. The molecule has 16 nitrogen and oxygen atoms in total. The van der Waals surface area contributed by atoms with E-state index in [-0.39, 0.29) is 35.5 Å². The first-order chi connectivity index (χ1) is 27.1. The normalized spacial score (nSPS) is 16.9. The number of allylic oxidation sites excluding steroid dienone is 5. The Hall–Kier alpha value is -4.31. The highest BCUT2D eigenvalue weighted by Crippen LogP contribution is 2.48. The first kappa shape index (κ1) is 44.8. The number of carbonyl (C=O) groups is 3. The molecule has 0 bridgehead atoms. The van der Waals surface area contributed by atoms with Gasteiger partial charge in [-0.1, -0.05) is 49.8 Å². The smallest absolute Gasteiger partial charge is 0.333 e. The van der Waals surface area contributed by atoms with E-state index in [0.717, 1.165) is 26.2 Å². The highest BCUT2D eigenvalue weighted by atomic mass is 32.2. The molecule has 314 valence electrons. The number of benzene rings is 2. The molecule has 2 amide bonds. The zero-order chi connectivity index (χ0) is 42.6. The minimum atomic E-state index is -4.72. The maximum Gasteiger partial charge on any atom is 0.333 e. The number of hydroxylamine groups is 2. The summed E-state index contributed by atoms with van der Waals surface area (Å²) in [6.07, 6.45) is 11.3. The quantitative estimate of drug-likeness (QED) is 0.0578. The number of amides is 2. The molecule has 0 aliphatic carbocycles. The molecule has 20 heteroatoms. The fraction of sp³-hybridized carbons (Fsp3) is 0.421. The molecule has 3 heterocycles. The molecule has 0 N–H and O–H groups in total. The summed E-state index contributed by atoms with van der Waals surface area (Å²) in [4.78, 5) is 42.6. The Kier molecular flexibility index (Phi) is 13.8. The second-order valence-electron chi connectivity index (χ2n) is 14.5. The van der Waals surface area contributed by atoms with Crippen LogP contribution in [0.2, 0.25) is 0 Å². The zero-order valence-corrected chi connectivity index (χ0v) is 35.7. The number of sulfonamides is 1. The highest BCUT2D eigenvalue weighted by molar-refractivity contribution is 7.89. The third kappa shape index (κ3) is 10.5. The second kappa shape index (κ2) is 17.9. The Morgan fingerprint density at radius 3 is 2.24 bits per heavy atom. The fourth-order valence-corrected chi connectivity index (χ4v) is 9.98. The van der Waals surface area contributed by atoms with E-state index in [1.54, 1.807) is 30.4 Å². The van der Waals surface area contributed by atoms with E-state index in [1.807, 2.05) is 41.5 Å². The van der Waals surface area contributed by atoms with Gasteiger partial charge in [0.15, 0.2) is 6.54 Å². The Bertz CT molecular complexity index is 2510. The number of aromatic nitrogens is 1. The lowest BCUT2D eigenvalue weighted by Gasteiger charge is -2.27. The van der Waals surface area contributed by atoms with Crippen LogP contribution >= 0.6 is 11.3 Å². The first-order valence-corrected chi connectivity index (χ1v) is 23.7. The number of nitrogens with zero attached hydrogens (tertiary/aromatic N) is 4. The van der Waals surface area contributed by atoms with Crippen LogP contribution in [0, 0.1) is 0 Å². The van der Waals surface area contributed by atoms with Crippen molar-refractivity contribution in [3.05, 3.63) is 77.0 Å². The van der Waals surface area contributed by atoms with E-state index < -0.39 is 59.2 Å². The van der Waals surface area contributed by atoms with E-state index in [4.69, 9.17) is 4.84 Å². The van der Waals surface area contributed by atoms with Crippen LogP contribution in [-0.2, 0) is 61.4 Å². The minimum absolute atomic E-state index is 0.000173. The van der Waals surface area contributed by atoms with Crippen molar-refractivity contribution in [3.8, 4) is 0 Å². The van der Waals surface area contributed by atoms with Gasteiger partial charge >= 0.3 is 5.97 Å². The Balaban J connectivity index is 1.36. The van der Waals surface area contributed by atoms with E-state index in [2.05, 4.69) is 0 Å². The van der Waals surface area contributed by atoms with Gasteiger partial charge in [0.2, 0.25) is 15.5 Å². The Morgan fingerprint density at radius 1 is 0.897 bits per heavy atom. The summed E-state index contributed by atoms with van der Waals surface area (Å²) in [5.41, 5.74) is 2.21. The van der Waals surface area contributed by atoms with E-state index in [0.29, 0.717) is 54.1 Å². The molecule has 2 aliphatic rings. The molecule has 1 aromatic heterocycles. The highest BCUT2D eigenvalue weighted by Gasteiger charge is 2.40. The van der Waals surface area contributed by atoms with Crippen LogP contribution in [0.3, 0.4) is 0 Å². The Morgan fingerprint density at radius 2 is 1.59 bits per heavy atom. The molecule has 2 aliphatic heterocycles. The predicted molar refractivity (Wildman–Crippen MR) is 213 cm³/mol. The molecule has 0 atom stereocenters. The molecule has 0 unspecified atom stereocenters. The molecule has 2 aromatic carbocycles. The maximum absolute atomic E-state index is 12.8. The van der Waals surface area contributed by atoms with Gasteiger partial charge in [-0.05, 0) is 61.2 Å². The molecule has 0 spiro atoms. The number of anilines is 1. The van der Waals surface area contributed by atoms with E-state index in [1.165, 1.54) is 43.6 Å². The van der Waals surface area contributed by atoms with Crippen LogP contribution in [0.1, 0.15) is 75.8 Å². The lowest BCUT2D eigenvalue weighted by Crippen LogP contribution is -2.35. The molecule has 1 saturated heterocycles. The number of rotatable bonds is 18. The molecule has 0 radical (unpaired) electrons. The second-order valence-corrected chi connectivity index (χ2v) is 20.7. The fourth-order valence-electron chi connectivity index (χ4n) is 6.78. The van der Waals surface area contributed by atoms with Gasteiger partial charge in [0.25, 0.3) is 16.8 Å². The van der Waals surface area contributed by atoms with Gasteiger partial charge in [-0.3, -0.25) is 9.59 Å². The van der Waals surface area contributed by atoms with Crippen molar-refractivity contribution in [2.75, 3.05) is 31.3 Å². The third-order valence-electron chi connectivity index (χ3n) is 9.84. The van der Waals surface area contributed by atoms with Crippen molar-refractivity contribution < 1.29 is 58.1 Å². The lowest BCUT2D eigenvalue weighted by atomic mass is 9.83. The average Bonchev–Trinajstić information content (AvgIpc) is 3.72. The minimum Gasteiger partial charge on any atom is -0.748 e. The summed E-state index contributed by atoms with van der Waals surface area (Å²) in [5.74, 6) is -2.27. The number of hydrogen-bond donors (Lipinski definition) is 0. The molecular formula is C38H45N4O12S4-. The number of thiazole rings is 1. The summed E-state index contributed by atoms with van der Waals surface area (Å²) >= 11 is 1.35. The van der Waals surface area contributed by atoms with Gasteiger partial charge in [0.1, 0.15) is 14.8 Å². The first-order valence-electron chi connectivity index (χ1n) is 18.4. The largest absolute Gasteiger partial charge is 0.748 e. The molecule has 1 fully saturated rings. The zero-order valence-electron chi connectivity index (χ0n) is 32.4. The average molecular weight is 878 g/mol. The standard InChI is InChI=1S/C38H46N4O12S4/c1-38(2)29-25-28(58(51,52)53)17-18-30(29)40(22-10-6-9-15-37(45)54-42-34(43)20-21-35(42)44)33(38)13-7-5-8-14-36-41(23-11-12-24-56(46,47)48)31-19-16-27(26-32(31)55-36)57(49,50)39(3)4/h5,7-8,13-14,16-19,25-26H,6,9-12,15,20-24H2,1-4H3,(H-,46,47,48,51,52,53)/p-1. The van der Waals surface area contributed by atoms with Crippen molar-refractivity contribution in [2.45, 2.75) is 87.0 Å². The van der Waals surface area contributed by atoms with Crippen LogP contribution in [-0.4, -0.2) is 87.9 Å². The van der Waals surface area contributed by atoms with Crippen molar-refractivity contribution in [1.29, 1.82) is 0 Å². The number of carbonyl (C=O) groups excluding carboxylic acids is 3. The summed E-state index contributed by atoms with van der Waals surface area (Å²) in [6.45, 7) is 4.70. The van der Waals surface area contributed by atoms with Crippen molar-refractivity contribution in [3.63, 3.8) is 0 Å². The van der Waals surface area contributed by atoms with Crippen LogP contribution in [0.25, 0.3) is 16.3 Å². The van der Waals surface area contributed by atoms with E-state index >= 15 is 0 Å². The summed E-state index contributed by atoms with van der Waals surface area (Å²) in [5, 5.41) is 1.27. The number of aryl methyl sites for hydroxylation is 1. The van der Waals surface area contributed by atoms with Crippen LogP contribution < -0.4 is 9.47 Å². The van der Waals surface area contributed by atoms with E-state index in [9.17, 15) is 48.7 Å². The number of unbranched alkanes of at least 4 members (excludes halogenated alkanes) is 3. The molecule has 0 saturated carbocycles. The van der Waals surface area contributed by atoms with Crippen LogP contribution in [0.5, 0.6) is 0 Å². The van der Waals surface area contributed by atoms with Crippen molar-refractivity contribution in [2.24, 2.45) is 0 Å². The summed E-state index contributed by atoms with van der Waals surface area (Å²) in [7, 11) is -9.90. The van der Waals surface area contributed by atoms with Gasteiger partial charge in [0.05, 0.1) is 19.9 Å². The molecular weight excluding hydrogens is 833 g/mol. The predicted octanol–water partition coefficient (Wildman–Crippen LogP) is 4.09. The number of fused-ring (bicyclic) bond motifs is 2. The topological polar surface area (TPSA) is 223 Å². The van der Waals surface area contributed by atoms with Crippen molar-refractivity contribution >= 4 is 81.4 Å². The van der Waals surface area contributed by atoms with Crippen LogP contribution in [0.4, 0.5) is 5.69 Å². The summed E-state index contributed by atoms with van der Waals surface area (Å²) < 4.78 is 98.8. The number of hydrogen-bond acceptors (Lipinski definition) is 14. The van der Waals surface area contributed by atoms with Gasteiger partial charge in [-0.2, -0.15) is 4.57 Å². The van der Waals surface area contributed by atoms with Gasteiger partial charge in [-0.25, -0.2) is 34.4 Å². The van der Waals surface area contributed by atoms with Gasteiger partial charge in [0, 0.05) is 81.0 Å². The Labute approximate surface area is 342 Å². The monoisotopic (exact) mass is 877 g/mol. The SMILES string of the molecule is CN(C)S(=O)(=O)c1ccc2c(c1)sc(/C=C/C=C/C=C1/N(CCCCCC(=O)ON3C(=O)CCC3=O)c3ccc(S(=O)(=O)[O-])cc3C1(C)C)[n+]2CCCCS(=O)(=O)[O-]. The molecule has 5 rings (SSSR count). The van der Waals surface area contributed by atoms with Gasteiger partial charge in [-0.15, -0.1) is 5.06 Å². The lowest BCUT2D eigenvalue weighted by molar-refractivity contribution is -0.669. The number of imide groups is 1. The van der Waals surface area contributed by atoms with Crippen LogP contribution in [0.15, 0.2) is 76.2 Å². The maximum atomic E-state index is 12.8. The third-order valence-corrected chi connectivity index (χ3v) is 14.4. The molecule has 58 heavy (non-hydrogen) atoms. The molecule has 3 aromatic rings. The van der Waals surface area contributed by atoms with Gasteiger partial charge < -0.3 is 18.8 Å².